The van der Waals surface area contributed by atoms with Gasteiger partial charge in [-0.15, -0.1) is 11.3 Å². The molecule has 1 amide bonds. The van der Waals surface area contributed by atoms with E-state index in [0.29, 0.717) is 4.88 Å². The highest BCUT2D eigenvalue weighted by Crippen LogP contribution is 2.15. The maximum Gasteiger partial charge on any atom is 0.330 e. The second-order valence-corrected chi connectivity index (χ2v) is 3.38. The number of amides is 1. The van der Waals surface area contributed by atoms with Crippen molar-refractivity contribution in [3.63, 3.8) is 0 Å². The summed E-state index contributed by atoms with van der Waals surface area (Å²) in [5, 5.41) is 1.74. The SMILES string of the molecule is COC(=O)/C=C/c1csc(C(N)=O)c1. The number of esters is 1. The van der Waals surface area contributed by atoms with Gasteiger partial charge in [-0.2, -0.15) is 0 Å². The van der Waals surface area contributed by atoms with Gasteiger partial charge in [0.05, 0.1) is 12.0 Å². The normalized spacial score (nSPS) is 10.4. The van der Waals surface area contributed by atoms with Gasteiger partial charge in [-0.3, -0.25) is 4.79 Å². The molecule has 1 aromatic rings. The van der Waals surface area contributed by atoms with Gasteiger partial charge in [-0.05, 0) is 23.1 Å². The molecule has 0 aromatic carbocycles. The largest absolute Gasteiger partial charge is 0.466 e. The zero-order chi connectivity index (χ0) is 10.6. The van der Waals surface area contributed by atoms with Crippen LogP contribution in [0.2, 0.25) is 0 Å². The number of rotatable bonds is 3. The van der Waals surface area contributed by atoms with E-state index >= 15 is 0 Å². The van der Waals surface area contributed by atoms with E-state index in [4.69, 9.17) is 5.73 Å². The number of hydrogen-bond acceptors (Lipinski definition) is 4. The summed E-state index contributed by atoms with van der Waals surface area (Å²) in [5.41, 5.74) is 5.82. The van der Waals surface area contributed by atoms with E-state index in [2.05, 4.69) is 4.74 Å². The monoisotopic (exact) mass is 211 g/mol. The minimum Gasteiger partial charge on any atom is -0.466 e. The van der Waals surface area contributed by atoms with Gasteiger partial charge in [0.25, 0.3) is 5.91 Å². The van der Waals surface area contributed by atoms with E-state index in [-0.39, 0.29) is 0 Å². The van der Waals surface area contributed by atoms with Gasteiger partial charge in [0.1, 0.15) is 0 Å². The Balaban J connectivity index is 2.73. The van der Waals surface area contributed by atoms with Gasteiger partial charge in [0.2, 0.25) is 0 Å². The van der Waals surface area contributed by atoms with Crippen LogP contribution in [0.15, 0.2) is 17.5 Å². The molecule has 4 nitrogen and oxygen atoms in total. The minimum atomic E-state index is -0.465. The fourth-order valence-electron chi connectivity index (χ4n) is 0.800. The van der Waals surface area contributed by atoms with Crippen molar-refractivity contribution < 1.29 is 14.3 Å². The number of hydrogen-bond donors (Lipinski definition) is 1. The molecule has 0 aliphatic rings. The van der Waals surface area contributed by atoms with Gasteiger partial charge in [-0.25, -0.2) is 4.79 Å². The summed E-state index contributed by atoms with van der Waals surface area (Å²) in [4.78, 5) is 21.9. The summed E-state index contributed by atoms with van der Waals surface area (Å²) < 4.78 is 4.41. The van der Waals surface area contributed by atoms with Crippen molar-refractivity contribution in [1.29, 1.82) is 0 Å². The molecule has 0 spiro atoms. The summed E-state index contributed by atoms with van der Waals surface area (Å²) in [6, 6.07) is 1.62. The van der Waals surface area contributed by atoms with Crippen LogP contribution in [0.25, 0.3) is 6.08 Å². The topological polar surface area (TPSA) is 69.4 Å². The maximum absolute atomic E-state index is 10.7. The lowest BCUT2D eigenvalue weighted by Crippen LogP contribution is -2.08. The Kier molecular flexibility index (Phi) is 3.41. The number of thiophene rings is 1. The predicted molar refractivity (Wildman–Crippen MR) is 53.9 cm³/mol. The van der Waals surface area contributed by atoms with Crippen LogP contribution in [-0.4, -0.2) is 19.0 Å². The quantitative estimate of drug-likeness (QED) is 0.599. The molecule has 0 bridgehead atoms. The lowest BCUT2D eigenvalue weighted by Gasteiger charge is -1.87. The van der Waals surface area contributed by atoms with Crippen molar-refractivity contribution in [2.24, 2.45) is 5.73 Å². The van der Waals surface area contributed by atoms with Crippen molar-refractivity contribution in [1.82, 2.24) is 0 Å². The predicted octanol–water partition coefficient (Wildman–Crippen LogP) is 1.03. The van der Waals surface area contributed by atoms with Gasteiger partial charge < -0.3 is 10.5 Å². The molecular formula is C9H9NO3S. The zero-order valence-corrected chi connectivity index (χ0v) is 8.34. The van der Waals surface area contributed by atoms with Gasteiger partial charge in [0.15, 0.2) is 0 Å². The standard InChI is InChI=1S/C9H9NO3S/c1-13-8(11)3-2-6-4-7(9(10)12)14-5-6/h2-5H,1H3,(H2,10,12)/b3-2+. The zero-order valence-electron chi connectivity index (χ0n) is 7.52. The van der Waals surface area contributed by atoms with Gasteiger partial charge in [0, 0.05) is 6.08 Å². The summed E-state index contributed by atoms with van der Waals surface area (Å²) in [6.45, 7) is 0. The summed E-state index contributed by atoms with van der Waals surface area (Å²) in [7, 11) is 1.30. The van der Waals surface area contributed by atoms with Crippen LogP contribution in [0, 0.1) is 0 Å². The molecule has 14 heavy (non-hydrogen) atoms. The van der Waals surface area contributed by atoms with Crippen LogP contribution in [-0.2, 0) is 9.53 Å². The first-order chi connectivity index (χ1) is 6.63. The van der Waals surface area contributed by atoms with Crippen LogP contribution in [0.5, 0.6) is 0 Å². The van der Waals surface area contributed by atoms with Gasteiger partial charge in [-0.1, -0.05) is 0 Å². The van der Waals surface area contributed by atoms with E-state index in [1.807, 2.05) is 0 Å². The number of ether oxygens (including phenoxy) is 1. The average Bonchev–Trinajstić information content (AvgIpc) is 2.62. The van der Waals surface area contributed by atoms with Crippen LogP contribution in [0.1, 0.15) is 15.2 Å². The molecule has 0 atom stereocenters. The van der Waals surface area contributed by atoms with E-state index in [9.17, 15) is 9.59 Å². The van der Waals surface area contributed by atoms with E-state index < -0.39 is 11.9 Å². The Morgan fingerprint density at radius 2 is 2.29 bits per heavy atom. The fourth-order valence-corrected chi connectivity index (χ4v) is 1.53. The number of methoxy groups -OCH3 is 1. The Bertz CT molecular complexity index is 381. The van der Waals surface area contributed by atoms with Crippen LogP contribution in [0.4, 0.5) is 0 Å². The van der Waals surface area contributed by atoms with E-state index in [1.165, 1.54) is 24.5 Å². The lowest BCUT2D eigenvalue weighted by atomic mass is 10.3. The average molecular weight is 211 g/mol. The maximum atomic E-state index is 10.7. The molecule has 0 unspecified atom stereocenters. The van der Waals surface area contributed by atoms with Crippen molar-refractivity contribution >= 4 is 29.3 Å². The second-order valence-electron chi connectivity index (χ2n) is 2.47. The number of carbonyl (C=O) groups excluding carboxylic acids is 2. The van der Waals surface area contributed by atoms with Crippen molar-refractivity contribution in [2.45, 2.75) is 0 Å². The Labute approximate surface area is 85.0 Å². The van der Waals surface area contributed by atoms with Crippen LogP contribution in [0.3, 0.4) is 0 Å². The highest BCUT2D eigenvalue weighted by molar-refractivity contribution is 7.12. The molecule has 0 aliphatic heterocycles. The summed E-state index contributed by atoms with van der Waals surface area (Å²) >= 11 is 1.24. The molecule has 5 heteroatoms. The molecular weight excluding hydrogens is 202 g/mol. The van der Waals surface area contributed by atoms with E-state index in [0.717, 1.165) is 5.56 Å². The lowest BCUT2D eigenvalue weighted by molar-refractivity contribution is -0.134. The first-order valence-corrected chi connectivity index (χ1v) is 4.66. The fraction of sp³-hybridized carbons (Fsp3) is 0.111. The van der Waals surface area contributed by atoms with Crippen molar-refractivity contribution in [2.75, 3.05) is 7.11 Å². The molecule has 0 radical (unpaired) electrons. The second kappa shape index (κ2) is 4.57. The molecule has 74 valence electrons. The highest BCUT2D eigenvalue weighted by atomic mass is 32.1. The van der Waals surface area contributed by atoms with Crippen LogP contribution < -0.4 is 5.73 Å². The summed E-state index contributed by atoms with van der Waals surface area (Å²) in [5.74, 6) is -0.899. The minimum absolute atomic E-state index is 0.433. The molecule has 0 aliphatic carbocycles. The molecule has 0 saturated carbocycles. The molecule has 1 rings (SSSR count). The van der Waals surface area contributed by atoms with Crippen LogP contribution >= 0.6 is 11.3 Å². The number of primary amides is 1. The molecule has 1 aromatic heterocycles. The summed E-state index contributed by atoms with van der Waals surface area (Å²) in [6.07, 6.45) is 2.85. The molecule has 0 fully saturated rings. The third-order valence-electron chi connectivity index (χ3n) is 1.48. The van der Waals surface area contributed by atoms with Crippen molar-refractivity contribution in [3.05, 3.63) is 28.0 Å². The Morgan fingerprint density at radius 3 is 2.79 bits per heavy atom. The Hall–Kier alpha value is -1.62. The first-order valence-electron chi connectivity index (χ1n) is 3.78. The highest BCUT2D eigenvalue weighted by Gasteiger charge is 2.02. The third-order valence-corrected chi connectivity index (χ3v) is 2.44. The smallest absolute Gasteiger partial charge is 0.330 e. The number of nitrogens with two attached hydrogens (primary N) is 1. The first kappa shape index (κ1) is 10.5. The van der Waals surface area contributed by atoms with Gasteiger partial charge >= 0.3 is 5.97 Å². The third kappa shape index (κ3) is 2.70. The molecule has 0 saturated heterocycles. The Morgan fingerprint density at radius 1 is 1.57 bits per heavy atom. The van der Waals surface area contributed by atoms with E-state index in [1.54, 1.807) is 17.5 Å². The van der Waals surface area contributed by atoms with Crippen molar-refractivity contribution in [3.8, 4) is 0 Å². The molecule has 1 heterocycles. The molecule has 2 N–H and O–H groups in total. The number of carbonyl (C=O) groups is 2.